The largest absolute Gasteiger partial charge is 0.304 e. The third-order valence-electron chi connectivity index (χ3n) is 3.07. The van der Waals surface area contributed by atoms with Gasteiger partial charge in [0.25, 0.3) is 0 Å². The second-order valence-electron chi connectivity index (χ2n) is 3.84. The van der Waals surface area contributed by atoms with Crippen LogP contribution in [0.3, 0.4) is 0 Å². The summed E-state index contributed by atoms with van der Waals surface area (Å²) >= 11 is 3.44. The molecule has 0 aromatic heterocycles. The third-order valence-corrected chi connectivity index (χ3v) is 3.60. The molecular weight excluding hydrogens is 214 g/mol. The van der Waals surface area contributed by atoms with Gasteiger partial charge in [-0.3, -0.25) is 0 Å². The first kappa shape index (κ1) is 7.10. The normalized spacial score (nSPS) is 36.9. The van der Waals surface area contributed by atoms with Crippen molar-refractivity contribution in [1.29, 1.82) is 0 Å². The summed E-state index contributed by atoms with van der Waals surface area (Å²) in [4.78, 5) is 0. The Bertz CT molecular complexity index is 300. The minimum atomic E-state index is 0.380. The summed E-state index contributed by atoms with van der Waals surface area (Å²) in [6.07, 6.45) is 2.68. The maximum atomic E-state index is 3.54. The first-order valence-electron chi connectivity index (χ1n) is 4.32. The zero-order chi connectivity index (χ0) is 8.18. The van der Waals surface area contributed by atoms with Gasteiger partial charge < -0.3 is 5.32 Å². The Balaban J connectivity index is 1.96. The van der Waals surface area contributed by atoms with Crippen LogP contribution in [0, 0.1) is 0 Å². The second-order valence-corrected chi connectivity index (χ2v) is 4.75. The van der Waals surface area contributed by atoms with Gasteiger partial charge in [-0.2, -0.15) is 0 Å². The predicted molar refractivity (Wildman–Crippen MR) is 52.0 cm³/mol. The molecule has 0 unspecified atom stereocenters. The predicted octanol–water partition coefficient (Wildman–Crippen LogP) is 2.41. The molecule has 1 aromatic carbocycles. The lowest BCUT2D eigenvalue weighted by Crippen LogP contribution is -2.74. The highest BCUT2D eigenvalue weighted by molar-refractivity contribution is 9.10. The summed E-state index contributed by atoms with van der Waals surface area (Å²) < 4.78 is 1.16. The van der Waals surface area contributed by atoms with Gasteiger partial charge in [-0.1, -0.05) is 28.1 Å². The Hall–Kier alpha value is -0.340. The lowest BCUT2D eigenvalue weighted by Gasteiger charge is -2.63. The van der Waals surface area contributed by atoms with E-state index in [2.05, 4.69) is 45.5 Å². The lowest BCUT2D eigenvalue weighted by molar-refractivity contribution is -0.0219. The molecule has 1 aliphatic carbocycles. The summed E-state index contributed by atoms with van der Waals surface area (Å²) in [5.41, 5.74) is 1.83. The van der Waals surface area contributed by atoms with Crippen molar-refractivity contribution in [3.8, 4) is 0 Å². The summed E-state index contributed by atoms with van der Waals surface area (Å²) in [5, 5.41) is 3.54. The monoisotopic (exact) mass is 223 g/mol. The molecule has 3 aliphatic rings. The van der Waals surface area contributed by atoms with Crippen LogP contribution in [0.2, 0.25) is 0 Å². The highest BCUT2D eigenvalue weighted by Crippen LogP contribution is 2.51. The van der Waals surface area contributed by atoms with E-state index in [1.807, 2.05) is 0 Å². The maximum absolute atomic E-state index is 3.54. The first-order valence-corrected chi connectivity index (χ1v) is 5.12. The van der Waals surface area contributed by atoms with Crippen molar-refractivity contribution in [2.24, 2.45) is 0 Å². The molecule has 0 atom stereocenters. The van der Waals surface area contributed by atoms with E-state index in [0.717, 1.165) is 10.5 Å². The highest BCUT2D eigenvalue weighted by atomic mass is 79.9. The number of halogens is 1. The van der Waals surface area contributed by atoms with Gasteiger partial charge in [-0.25, -0.2) is 0 Å². The van der Waals surface area contributed by atoms with E-state index >= 15 is 0 Å². The minimum Gasteiger partial charge on any atom is -0.304 e. The van der Waals surface area contributed by atoms with Gasteiger partial charge in [0.1, 0.15) is 0 Å². The fourth-order valence-electron chi connectivity index (χ4n) is 2.22. The van der Waals surface area contributed by atoms with Crippen molar-refractivity contribution in [3.63, 3.8) is 0 Å². The third kappa shape index (κ3) is 0.771. The molecular formula is C10H10BrN. The van der Waals surface area contributed by atoms with Crippen molar-refractivity contribution in [2.45, 2.75) is 24.4 Å². The van der Waals surface area contributed by atoms with Crippen LogP contribution >= 0.6 is 15.9 Å². The highest BCUT2D eigenvalue weighted by Gasteiger charge is 2.56. The standard InChI is InChI=1S/C10H10BrN/c11-8-3-1-7(2-4-8)10-5-9(6-10)12-10/h1-4,9,12H,5-6H2. The number of rotatable bonds is 1. The van der Waals surface area contributed by atoms with Crippen molar-refractivity contribution in [1.82, 2.24) is 5.32 Å². The average Bonchev–Trinajstić information content (AvgIpc) is 1.87. The molecule has 0 radical (unpaired) electrons. The van der Waals surface area contributed by atoms with Crippen molar-refractivity contribution in [3.05, 3.63) is 34.3 Å². The van der Waals surface area contributed by atoms with E-state index < -0.39 is 0 Å². The van der Waals surface area contributed by atoms with Gasteiger partial charge in [0.15, 0.2) is 0 Å². The van der Waals surface area contributed by atoms with Crippen LogP contribution in [-0.2, 0) is 5.54 Å². The molecule has 2 aliphatic heterocycles. The molecule has 0 amide bonds. The number of benzene rings is 1. The molecule has 2 heteroatoms. The van der Waals surface area contributed by atoms with Gasteiger partial charge in [0.2, 0.25) is 0 Å². The Morgan fingerprint density at radius 2 is 1.83 bits per heavy atom. The SMILES string of the molecule is Brc1ccc(C23CC(C2)N3)cc1. The Labute approximate surface area is 80.3 Å². The van der Waals surface area contributed by atoms with Crippen LogP contribution in [0.1, 0.15) is 18.4 Å². The van der Waals surface area contributed by atoms with Gasteiger partial charge in [-0.15, -0.1) is 0 Å². The summed E-state index contributed by atoms with van der Waals surface area (Å²) in [6, 6.07) is 9.50. The smallest absolute Gasteiger partial charge is 0.0466 e. The molecule has 4 rings (SSSR count). The summed E-state index contributed by atoms with van der Waals surface area (Å²) in [6.45, 7) is 0. The van der Waals surface area contributed by atoms with E-state index in [1.165, 1.54) is 18.4 Å². The average molecular weight is 224 g/mol. The zero-order valence-electron chi connectivity index (χ0n) is 6.68. The lowest BCUT2D eigenvalue weighted by atomic mass is 9.59. The maximum Gasteiger partial charge on any atom is 0.0466 e. The van der Waals surface area contributed by atoms with Gasteiger partial charge >= 0.3 is 0 Å². The van der Waals surface area contributed by atoms with Crippen LogP contribution in [-0.4, -0.2) is 6.04 Å². The second kappa shape index (κ2) is 2.12. The molecule has 2 bridgehead atoms. The molecule has 0 spiro atoms. The van der Waals surface area contributed by atoms with Crippen LogP contribution in [0.4, 0.5) is 0 Å². The molecule has 3 fully saturated rings. The molecule has 1 N–H and O–H groups in total. The van der Waals surface area contributed by atoms with E-state index in [9.17, 15) is 0 Å². The summed E-state index contributed by atoms with van der Waals surface area (Å²) in [7, 11) is 0. The van der Waals surface area contributed by atoms with Gasteiger partial charge in [0, 0.05) is 16.1 Å². The fourth-order valence-corrected chi connectivity index (χ4v) is 2.48. The van der Waals surface area contributed by atoms with Crippen LogP contribution in [0.15, 0.2) is 28.7 Å². The molecule has 2 saturated heterocycles. The molecule has 12 heavy (non-hydrogen) atoms. The number of hydrogen-bond acceptors (Lipinski definition) is 1. The van der Waals surface area contributed by atoms with Crippen molar-refractivity contribution in [2.75, 3.05) is 0 Å². The molecule has 62 valence electrons. The van der Waals surface area contributed by atoms with E-state index in [1.54, 1.807) is 0 Å². The van der Waals surface area contributed by atoms with E-state index in [0.29, 0.717) is 5.54 Å². The Morgan fingerprint density at radius 1 is 1.25 bits per heavy atom. The Kier molecular flexibility index (Phi) is 1.25. The van der Waals surface area contributed by atoms with Crippen LogP contribution < -0.4 is 5.32 Å². The van der Waals surface area contributed by atoms with Gasteiger partial charge in [-0.05, 0) is 30.5 Å². The quantitative estimate of drug-likeness (QED) is 0.772. The summed E-state index contributed by atoms with van der Waals surface area (Å²) in [5.74, 6) is 0. The topological polar surface area (TPSA) is 12.0 Å². The Morgan fingerprint density at radius 3 is 2.25 bits per heavy atom. The fraction of sp³-hybridized carbons (Fsp3) is 0.400. The van der Waals surface area contributed by atoms with Gasteiger partial charge in [0.05, 0.1) is 0 Å². The van der Waals surface area contributed by atoms with E-state index in [4.69, 9.17) is 0 Å². The van der Waals surface area contributed by atoms with Crippen LogP contribution in [0.5, 0.6) is 0 Å². The minimum absolute atomic E-state index is 0.380. The first-order chi connectivity index (χ1) is 5.78. The molecule has 1 aromatic rings. The van der Waals surface area contributed by atoms with Crippen molar-refractivity contribution >= 4 is 15.9 Å². The number of hydrogen-bond donors (Lipinski definition) is 1. The molecule has 1 saturated carbocycles. The molecule has 1 nitrogen and oxygen atoms in total. The van der Waals surface area contributed by atoms with Crippen LogP contribution in [0.25, 0.3) is 0 Å². The van der Waals surface area contributed by atoms with E-state index in [-0.39, 0.29) is 0 Å². The van der Waals surface area contributed by atoms with Crippen molar-refractivity contribution < 1.29 is 0 Å². The number of nitrogens with one attached hydrogen (secondary N) is 1. The molecule has 2 heterocycles. The zero-order valence-corrected chi connectivity index (χ0v) is 8.26.